The minimum absolute atomic E-state index is 0.00578. The minimum Gasteiger partial charge on any atom is -0.446 e. The van der Waals surface area contributed by atoms with E-state index in [1.54, 1.807) is 0 Å². The molecule has 3 saturated carbocycles. The predicted molar refractivity (Wildman–Crippen MR) is 168 cm³/mol. The Labute approximate surface area is 255 Å². The summed E-state index contributed by atoms with van der Waals surface area (Å²) in [5, 5.41) is 12.8. The van der Waals surface area contributed by atoms with Crippen LogP contribution in [-0.4, -0.2) is 48.1 Å². The number of rotatable bonds is 13. The van der Waals surface area contributed by atoms with Gasteiger partial charge >= 0.3 is 13.7 Å². The molecule has 4 aliphatic rings. The average Bonchev–Trinajstić information content (AvgIpc) is 3.25. The summed E-state index contributed by atoms with van der Waals surface area (Å²) < 4.78 is 21.8. The number of aliphatic hydroxyl groups excluding tert-OH is 1. The van der Waals surface area contributed by atoms with Crippen molar-refractivity contribution in [3.63, 3.8) is 0 Å². The van der Waals surface area contributed by atoms with Crippen LogP contribution in [0.4, 0.5) is 4.79 Å². The predicted octanol–water partition coefficient (Wildman–Crippen LogP) is 8.10. The van der Waals surface area contributed by atoms with Crippen LogP contribution in [0, 0.1) is 46.3 Å². The van der Waals surface area contributed by atoms with Gasteiger partial charge in [0.15, 0.2) is 0 Å². The van der Waals surface area contributed by atoms with E-state index in [1.807, 2.05) is 0 Å². The zero-order valence-corrected chi connectivity index (χ0v) is 28.2. The Bertz CT molecular complexity index is 995. The van der Waals surface area contributed by atoms with Gasteiger partial charge in [-0.3, -0.25) is 4.57 Å². The fourth-order valence-electron chi connectivity index (χ4n) is 9.79. The summed E-state index contributed by atoms with van der Waals surface area (Å²) >= 11 is 0. The molecule has 242 valence electrons. The summed E-state index contributed by atoms with van der Waals surface area (Å²) in [5.41, 5.74) is 2.24. The van der Waals surface area contributed by atoms with Crippen molar-refractivity contribution in [3.8, 4) is 0 Å². The van der Waals surface area contributed by atoms with Crippen LogP contribution in [0.3, 0.4) is 0 Å². The van der Waals surface area contributed by atoms with Crippen LogP contribution in [0.15, 0.2) is 11.6 Å². The van der Waals surface area contributed by atoms with E-state index in [0.29, 0.717) is 11.8 Å². The highest BCUT2D eigenvalue weighted by Gasteiger charge is 2.59. The molecule has 4 aliphatic carbocycles. The second-order valence-electron chi connectivity index (χ2n) is 15.4. The van der Waals surface area contributed by atoms with Gasteiger partial charge in [0.2, 0.25) is 0 Å². The van der Waals surface area contributed by atoms with Crippen molar-refractivity contribution in [2.24, 2.45) is 46.3 Å². The quantitative estimate of drug-likeness (QED) is 0.144. The van der Waals surface area contributed by atoms with Crippen LogP contribution in [0.5, 0.6) is 0 Å². The van der Waals surface area contributed by atoms with Gasteiger partial charge < -0.3 is 24.6 Å². The molecule has 7 nitrogen and oxygen atoms in total. The first kappa shape index (κ1) is 34.0. The van der Waals surface area contributed by atoms with E-state index in [0.717, 1.165) is 61.4 Å². The molecule has 4 rings (SSSR count). The van der Waals surface area contributed by atoms with Crippen molar-refractivity contribution < 1.29 is 28.6 Å². The lowest BCUT2D eigenvalue weighted by atomic mass is 9.47. The highest BCUT2D eigenvalue weighted by Crippen LogP contribution is 2.67. The fraction of sp³-hybridized carbons (Fsp3) is 0.912. The summed E-state index contributed by atoms with van der Waals surface area (Å²) in [4.78, 5) is 21.7. The number of aliphatic hydroxyl groups is 1. The Hall–Kier alpha value is -0.880. The topological polar surface area (TPSA) is 105 Å². The third-order valence-corrected chi connectivity index (χ3v) is 12.7. The zero-order chi connectivity index (χ0) is 30.7. The maximum Gasteiger partial charge on any atom is 0.407 e. The van der Waals surface area contributed by atoms with Crippen molar-refractivity contribution in [1.29, 1.82) is 0 Å². The van der Waals surface area contributed by atoms with Gasteiger partial charge in [-0.15, -0.1) is 0 Å². The molecule has 0 radical (unpaired) electrons. The normalized spacial score (nSPS) is 37.1. The molecule has 3 fully saturated rings. The van der Waals surface area contributed by atoms with Crippen LogP contribution in [0.25, 0.3) is 0 Å². The standard InChI is InChI=1S/C34H60NO6P/c1-23(2)8-7-9-24(3)29-12-13-30-28-11-10-25-22-27(14-18-33(25,4)31(28)15-19-34(29,30)5)41-32(37)35-20-16-26(36)17-21-40-42(6,38)39/h10,23-24,26-31,36H,7-9,11-22H2,1-6H3,(H,35,37)(H,38,39)/t24-,26?,27+,28+,29-,30+,31+,33+,34-/m1/s1. The van der Waals surface area contributed by atoms with Gasteiger partial charge in [0.1, 0.15) is 6.10 Å². The molecule has 0 spiro atoms. The molecule has 8 heteroatoms. The smallest absolute Gasteiger partial charge is 0.407 e. The molecule has 3 N–H and O–H groups in total. The Kier molecular flexibility index (Phi) is 11.4. The molecular formula is C34H60NO6P. The third kappa shape index (κ3) is 8.03. The Morgan fingerprint density at radius 2 is 1.83 bits per heavy atom. The number of hydrogen-bond donors (Lipinski definition) is 3. The number of allylic oxidation sites excluding steroid dienone is 1. The molecule has 0 bridgehead atoms. The Morgan fingerprint density at radius 1 is 1.07 bits per heavy atom. The molecule has 0 saturated heterocycles. The SMILES string of the molecule is CC(C)CCC[C@@H](C)[C@H]1CC[C@H]2[C@@H]3CC=C4C[C@@H](OC(=O)NCCC(O)CCOP(C)(=O)O)CC[C@]4(C)[C@H]3CC[C@]12C. The van der Waals surface area contributed by atoms with Crippen LogP contribution in [-0.2, 0) is 13.8 Å². The van der Waals surface area contributed by atoms with E-state index < -0.39 is 19.8 Å². The number of hydrogen-bond acceptors (Lipinski definition) is 5. The van der Waals surface area contributed by atoms with Gasteiger partial charge in [-0.05, 0) is 104 Å². The summed E-state index contributed by atoms with van der Waals surface area (Å²) in [6, 6.07) is 0. The van der Waals surface area contributed by atoms with Gasteiger partial charge in [-0.2, -0.15) is 0 Å². The lowest BCUT2D eigenvalue weighted by Gasteiger charge is -2.58. The number of ether oxygens (including phenoxy) is 1. The minimum atomic E-state index is -3.53. The maximum atomic E-state index is 12.5. The van der Waals surface area contributed by atoms with Crippen LogP contribution < -0.4 is 5.32 Å². The molecule has 0 aromatic heterocycles. The van der Waals surface area contributed by atoms with E-state index in [9.17, 15) is 14.5 Å². The van der Waals surface area contributed by atoms with E-state index in [4.69, 9.17) is 14.2 Å². The first-order valence-electron chi connectivity index (χ1n) is 17.0. The Balaban J connectivity index is 1.26. The summed E-state index contributed by atoms with van der Waals surface area (Å²) in [6.45, 7) is 13.8. The molecule has 0 heterocycles. The van der Waals surface area contributed by atoms with Gasteiger partial charge in [-0.1, -0.05) is 65.5 Å². The molecular weight excluding hydrogens is 549 g/mol. The van der Waals surface area contributed by atoms with Crippen molar-refractivity contribution in [2.75, 3.05) is 19.8 Å². The van der Waals surface area contributed by atoms with Crippen molar-refractivity contribution in [2.45, 2.75) is 130 Å². The van der Waals surface area contributed by atoms with Gasteiger partial charge in [0, 0.05) is 19.6 Å². The number of fused-ring (bicyclic) bond motifs is 5. The van der Waals surface area contributed by atoms with Crippen LogP contribution >= 0.6 is 7.60 Å². The van der Waals surface area contributed by atoms with E-state index >= 15 is 0 Å². The zero-order valence-electron chi connectivity index (χ0n) is 27.3. The molecule has 10 atom stereocenters. The fourth-order valence-corrected chi connectivity index (χ4v) is 10.2. The second-order valence-corrected chi connectivity index (χ2v) is 17.2. The van der Waals surface area contributed by atoms with E-state index in [1.165, 1.54) is 56.9 Å². The Morgan fingerprint density at radius 3 is 2.55 bits per heavy atom. The average molecular weight is 610 g/mol. The van der Waals surface area contributed by atoms with Crippen LogP contribution in [0.1, 0.15) is 118 Å². The van der Waals surface area contributed by atoms with Crippen molar-refractivity contribution >= 4 is 13.7 Å². The molecule has 2 unspecified atom stereocenters. The molecule has 0 aromatic carbocycles. The first-order chi connectivity index (χ1) is 19.7. The lowest BCUT2D eigenvalue weighted by Crippen LogP contribution is -2.51. The summed E-state index contributed by atoms with van der Waals surface area (Å²) in [7, 11) is -3.53. The van der Waals surface area contributed by atoms with Gasteiger partial charge in [-0.25, -0.2) is 4.79 Å². The number of nitrogens with one attached hydrogen (secondary N) is 1. The summed E-state index contributed by atoms with van der Waals surface area (Å²) in [5.74, 6) is 4.91. The largest absolute Gasteiger partial charge is 0.446 e. The molecule has 1 amide bonds. The van der Waals surface area contributed by atoms with E-state index in [-0.39, 0.29) is 31.1 Å². The highest BCUT2D eigenvalue weighted by atomic mass is 31.2. The number of carbonyl (C=O) groups is 1. The molecule has 0 aromatic rings. The van der Waals surface area contributed by atoms with Gasteiger partial charge in [0.25, 0.3) is 0 Å². The van der Waals surface area contributed by atoms with Crippen LogP contribution in [0.2, 0.25) is 0 Å². The number of carbonyl (C=O) groups excluding carboxylic acids is 1. The molecule has 0 aliphatic heterocycles. The van der Waals surface area contributed by atoms with Gasteiger partial charge in [0.05, 0.1) is 12.7 Å². The first-order valence-corrected chi connectivity index (χ1v) is 19.0. The molecule has 42 heavy (non-hydrogen) atoms. The summed E-state index contributed by atoms with van der Waals surface area (Å²) in [6.07, 6.45) is 15.6. The third-order valence-electron chi connectivity index (χ3n) is 12.1. The number of alkyl carbamates (subject to hydrolysis) is 1. The maximum absolute atomic E-state index is 12.5. The van der Waals surface area contributed by atoms with Crippen molar-refractivity contribution in [1.82, 2.24) is 5.32 Å². The highest BCUT2D eigenvalue weighted by molar-refractivity contribution is 7.51. The van der Waals surface area contributed by atoms with Crippen molar-refractivity contribution in [3.05, 3.63) is 11.6 Å². The lowest BCUT2D eigenvalue weighted by molar-refractivity contribution is -0.0581. The van der Waals surface area contributed by atoms with E-state index in [2.05, 4.69) is 46.0 Å². The second kappa shape index (κ2) is 14.0. The monoisotopic (exact) mass is 609 g/mol. The number of amides is 1.